The van der Waals surface area contributed by atoms with Crippen molar-refractivity contribution in [2.24, 2.45) is 0 Å². The number of carboxylic acid groups (broad SMARTS) is 1. The summed E-state index contributed by atoms with van der Waals surface area (Å²) < 4.78 is 4.92. The standard InChI is InChI=1S/C21H38O4/c1-2-3-4-5-6-7-8-9-10-11-12-13-14-15-16-19-25-21(24)18-17-20(22)23/h17-18H,2-16,19H2,1H3,(H,22,23). The van der Waals surface area contributed by atoms with Gasteiger partial charge in [0.05, 0.1) is 6.61 Å². The highest BCUT2D eigenvalue weighted by molar-refractivity contribution is 5.90. The summed E-state index contributed by atoms with van der Waals surface area (Å²) in [5.74, 6) is -1.71. The molecule has 0 unspecified atom stereocenters. The highest BCUT2D eigenvalue weighted by atomic mass is 16.5. The Kier molecular flexibility index (Phi) is 18.0. The zero-order valence-corrected chi connectivity index (χ0v) is 16.1. The van der Waals surface area contributed by atoms with E-state index in [0.29, 0.717) is 6.61 Å². The zero-order valence-electron chi connectivity index (χ0n) is 16.1. The predicted octanol–water partition coefficient (Wildman–Crippen LogP) is 6.04. The number of unbranched alkanes of at least 4 members (excludes halogenated alkanes) is 14. The molecule has 25 heavy (non-hydrogen) atoms. The van der Waals surface area contributed by atoms with Crippen molar-refractivity contribution >= 4 is 11.9 Å². The largest absolute Gasteiger partial charge is 0.478 e. The van der Waals surface area contributed by atoms with Gasteiger partial charge in [-0.25, -0.2) is 9.59 Å². The van der Waals surface area contributed by atoms with E-state index in [1.165, 1.54) is 83.5 Å². The fourth-order valence-corrected chi connectivity index (χ4v) is 2.83. The Morgan fingerprint density at radius 3 is 1.48 bits per heavy atom. The molecule has 0 aliphatic carbocycles. The van der Waals surface area contributed by atoms with Crippen LogP contribution in [0.25, 0.3) is 0 Å². The molecule has 4 nitrogen and oxygen atoms in total. The van der Waals surface area contributed by atoms with Crippen molar-refractivity contribution in [2.45, 2.75) is 103 Å². The molecule has 0 amide bonds. The third-order valence-corrected chi connectivity index (χ3v) is 4.35. The van der Waals surface area contributed by atoms with Gasteiger partial charge in [-0.05, 0) is 6.42 Å². The molecule has 4 heteroatoms. The number of ether oxygens (including phenoxy) is 1. The molecule has 0 saturated heterocycles. The van der Waals surface area contributed by atoms with E-state index in [1.54, 1.807) is 0 Å². The summed E-state index contributed by atoms with van der Waals surface area (Å²) in [6.07, 6.45) is 21.3. The minimum atomic E-state index is -1.14. The van der Waals surface area contributed by atoms with E-state index in [0.717, 1.165) is 25.0 Å². The first-order chi connectivity index (χ1) is 12.2. The van der Waals surface area contributed by atoms with Gasteiger partial charge in [0.25, 0.3) is 0 Å². The van der Waals surface area contributed by atoms with Crippen LogP contribution in [0.2, 0.25) is 0 Å². The molecule has 0 rings (SSSR count). The number of rotatable bonds is 18. The summed E-state index contributed by atoms with van der Waals surface area (Å²) in [7, 11) is 0. The van der Waals surface area contributed by atoms with E-state index in [1.807, 2.05) is 0 Å². The van der Waals surface area contributed by atoms with Crippen LogP contribution in [-0.4, -0.2) is 23.7 Å². The van der Waals surface area contributed by atoms with E-state index in [4.69, 9.17) is 9.84 Å². The quantitative estimate of drug-likeness (QED) is 0.185. The van der Waals surface area contributed by atoms with Crippen molar-refractivity contribution in [3.8, 4) is 0 Å². The van der Waals surface area contributed by atoms with Crippen molar-refractivity contribution < 1.29 is 19.4 Å². The Labute approximate surface area is 154 Å². The molecule has 0 aliphatic rings. The average Bonchev–Trinajstić information content (AvgIpc) is 2.59. The third kappa shape index (κ3) is 20.6. The van der Waals surface area contributed by atoms with Gasteiger partial charge in [0.1, 0.15) is 0 Å². The molecule has 0 saturated carbocycles. The average molecular weight is 355 g/mol. The lowest BCUT2D eigenvalue weighted by Gasteiger charge is -2.04. The van der Waals surface area contributed by atoms with Crippen LogP contribution in [0, 0.1) is 0 Å². The van der Waals surface area contributed by atoms with Gasteiger partial charge in [-0.1, -0.05) is 96.8 Å². The Hall–Kier alpha value is -1.32. The molecule has 0 aromatic rings. The van der Waals surface area contributed by atoms with Crippen LogP contribution >= 0.6 is 0 Å². The lowest BCUT2D eigenvalue weighted by molar-refractivity contribution is -0.138. The molecule has 0 radical (unpaired) electrons. The fraction of sp³-hybridized carbons (Fsp3) is 0.810. The van der Waals surface area contributed by atoms with Crippen molar-refractivity contribution in [1.29, 1.82) is 0 Å². The number of carbonyl (C=O) groups is 2. The van der Waals surface area contributed by atoms with Crippen LogP contribution in [0.5, 0.6) is 0 Å². The molecular formula is C21H38O4. The Morgan fingerprint density at radius 2 is 1.08 bits per heavy atom. The monoisotopic (exact) mass is 354 g/mol. The van der Waals surface area contributed by atoms with Crippen LogP contribution < -0.4 is 0 Å². The maximum Gasteiger partial charge on any atom is 0.331 e. The molecule has 1 N–H and O–H groups in total. The number of hydrogen-bond donors (Lipinski definition) is 1. The Morgan fingerprint density at radius 1 is 0.680 bits per heavy atom. The number of carboxylic acids is 1. The summed E-state index contributed by atoms with van der Waals surface area (Å²) >= 11 is 0. The second-order valence-corrected chi connectivity index (χ2v) is 6.79. The first-order valence-corrected chi connectivity index (χ1v) is 10.2. The molecule has 0 atom stereocenters. The predicted molar refractivity (Wildman–Crippen MR) is 103 cm³/mol. The van der Waals surface area contributed by atoms with Gasteiger partial charge >= 0.3 is 11.9 Å². The number of carbonyl (C=O) groups excluding carboxylic acids is 1. The molecule has 0 aliphatic heterocycles. The summed E-state index contributed by atoms with van der Waals surface area (Å²) in [5.41, 5.74) is 0. The van der Waals surface area contributed by atoms with Crippen LogP contribution in [0.4, 0.5) is 0 Å². The molecule has 146 valence electrons. The maximum atomic E-state index is 11.1. The number of aliphatic carboxylic acids is 1. The first kappa shape index (κ1) is 23.7. The van der Waals surface area contributed by atoms with Crippen LogP contribution in [0.1, 0.15) is 103 Å². The number of hydrogen-bond acceptors (Lipinski definition) is 3. The molecule has 0 aromatic carbocycles. The SMILES string of the molecule is CCCCCCCCCCCCCCCCCOC(=O)C=CC(=O)O. The molecule has 0 spiro atoms. The van der Waals surface area contributed by atoms with Crippen LogP contribution in [-0.2, 0) is 14.3 Å². The topological polar surface area (TPSA) is 63.6 Å². The highest BCUT2D eigenvalue weighted by Crippen LogP contribution is 2.13. The Bertz CT molecular complexity index is 350. The highest BCUT2D eigenvalue weighted by Gasteiger charge is 1.98. The first-order valence-electron chi connectivity index (χ1n) is 10.2. The number of esters is 1. The van der Waals surface area contributed by atoms with E-state index in [-0.39, 0.29) is 0 Å². The van der Waals surface area contributed by atoms with Gasteiger partial charge in [0, 0.05) is 12.2 Å². The lowest BCUT2D eigenvalue weighted by atomic mass is 10.0. The summed E-state index contributed by atoms with van der Waals surface area (Å²) in [6, 6.07) is 0. The molecule has 0 heterocycles. The summed E-state index contributed by atoms with van der Waals surface area (Å²) in [6.45, 7) is 2.64. The van der Waals surface area contributed by atoms with E-state index >= 15 is 0 Å². The van der Waals surface area contributed by atoms with Gasteiger partial charge in [-0.2, -0.15) is 0 Å². The van der Waals surface area contributed by atoms with Gasteiger partial charge in [-0.3, -0.25) is 0 Å². The van der Waals surface area contributed by atoms with Crippen molar-refractivity contribution in [2.75, 3.05) is 6.61 Å². The molecule has 0 bridgehead atoms. The van der Waals surface area contributed by atoms with Crippen molar-refractivity contribution in [3.63, 3.8) is 0 Å². The third-order valence-electron chi connectivity index (χ3n) is 4.35. The second kappa shape index (κ2) is 19.0. The molecular weight excluding hydrogens is 316 g/mol. The smallest absolute Gasteiger partial charge is 0.331 e. The van der Waals surface area contributed by atoms with Crippen molar-refractivity contribution in [3.05, 3.63) is 12.2 Å². The zero-order chi connectivity index (χ0) is 18.6. The summed E-state index contributed by atoms with van der Waals surface area (Å²) in [5, 5.41) is 8.38. The van der Waals surface area contributed by atoms with Gasteiger partial charge < -0.3 is 9.84 Å². The molecule has 0 aromatic heterocycles. The van der Waals surface area contributed by atoms with Crippen LogP contribution in [0.15, 0.2) is 12.2 Å². The van der Waals surface area contributed by atoms with Gasteiger partial charge in [0.15, 0.2) is 0 Å². The van der Waals surface area contributed by atoms with Crippen LogP contribution in [0.3, 0.4) is 0 Å². The lowest BCUT2D eigenvalue weighted by Crippen LogP contribution is -2.03. The second-order valence-electron chi connectivity index (χ2n) is 6.79. The maximum absolute atomic E-state index is 11.1. The van der Waals surface area contributed by atoms with E-state index in [9.17, 15) is 9.59 Å². The fourth-order valence-electron chi connectivity index (χ4n) is 2.83. The Balaban J connectivity index is 3.14. The van der Waals surface area contributed by atoms with Gasteiger partial charge in [0.2, 0.25) is 0 Å². The van der Waals surface area contributed by atoms with Gasteiger partial charge in [-0.15, -0.1) is 0 Å². The van der Waals surface area contributed by atoms with E-state index < -0.39 is 11.9 Å². The molecule has 0 fully saturated rings. The minimum Gasteiger partial charge on any atom is -0.478 e. The minimum absolute atomic E-state index is 0.376. The normalized spacial score (nSPS) is 11.1. The summed E-state index contributed by atoms with van der Waals surface area (Å²) in [4.78, 5) is 21.4. The van der Waals surface area contributed by atoms with Crippen molar-refractivity contribution in [1.82, 2.24) is 0 Å². The van der Waals surface area contributed by atoms with E-state index in [2.05, 4.69) is 6.92 Å².